The summed E-state index contributed by atoms with van der Waals surface area (Å²) in [6.07, 6.45) is 7.22. The summed E-state index contributed by atoms with van der Waals surface area (Å²) >= 11 is 0. The quantitative estimate of drug-likeness (QED) is 0.563. The van der Waals surface area contributed by atoms with Gasteiger partial charge in [-0.05, 0) is 56.7 Å². The fourth-order valence-corrected chi connectivity index (χ4v) is 5.76. The fourth-order valence-electron chi connectivity index (χ4n) is 4.14. The molecule has 0 N–H and O–H groups in total. The van der Waals surface area contributed by atoms with Gasteiger partial charge in [-0.3, -0.25) is 4.79 Å². The minimum absolute atomic E-state index is 0.0116. The van der Waals surface area contributed by atoms with Crippen LogP contribution in [0.25, 0.3) is 0 Å². The second-order valence-corrected chi connectivity index (χ2v) is 9.54. The number of ether oxygens (including phenoxy) is 2. The van der Waals surface area contributed by atoms with E-state index in [0.29, 0.717) is 6.61 Å². The van der Waals surface area contributed by atoms with E-state index in [1.165, 1.54) is 18.2 Å². The maximum atomic E-state index is 12.9. The van der Waals surface area contributed by atoms with Gasteiger partial charge in [-0.2, -0.15) is 0 Å². The highest BCUT2D eigenvalue weighted by molar-refractivity contribution is 7.90. The second kappa shape index (κ2) is 7.83. The molecule has 1 aromatic carbocycles. The van der Waals surface area contributed by atoms with Crippen molar-refractivity contribution < 1.29 is 27.5 Å². The largest absolute Gasteiger partial charge is 0.459 e. The van der Waals surface area contributed by atoms with Crippen molar-refractivity contribution in [1.82, 2.24) is 4.31 Å². The number of hydrogen-bond acceptors (Lipinski definition) is 6. The van der Waals surface area contributed by atoms with E-state index in [9.17, 15) is 18.0 Å². The molecule has 4 rings (SSSR count). The van der Waals surface area contributed by atoms with Crippen molar-refractivity contribution in [3.8, 4) is 0 Å². The van der Waals surface area contributed by atoms with Gasteiger partial charge in [0, 0.05) is 6.61 Å². The lowest BCUT2D eigenvalue weighted by Crippen LogP contribution is -2.36. The van der Waals surface area contributed by atoms with Gasteiger partial charge in [0.05, 0.1) is 23.8 Å². The van der Waals surface area contributed by atoms with E-state index in [1.807, 2.05) is 0 Å². The maximum Gasteiger partial charge on any atom is 0.338 e. The third kappa shape index (κ3) is 3.67. The van der Waals surface area contributed by atoms with Gasteiger partial charge in [0.1, 0.15) is 11.0 Å². The van der Waals surface area contributed by atoms with Gasteiger partial charge < -0.3 is 9.47 Å². The molecule has 7 nitrogen and oxygen atoms in total. The standard InChI is InChI=1S/C20H25NO6S/c22-19-17-10-9-14(20(23)27-15-6-3-1-2-4-7-15)12-18(17)28(24,25)21(19)13-16-8-5-11-26-16/h9-10,12,15-16H,1-8,11,13H2. The van der Waals surface area contributed by atoms with Crippen molar-refractivity contribution >= 4 is 21.9 Å². The number of carbonyl (C=O) groups is 2. The topological polar surface area (TPSA) is 90.0 Å². The van der Waals surface area contributed by atoms with Gasteiger partial charge in [-0.25, -0.2) is 17.5 Å². The van der Waals surface area contributed by atoms with Crippen molar-refractivity contribution in [3.05, 3.63) is 29.3 Å². The number of rotatable bonds is 4. The second-order valence-electron chi connectivity index (χ2n) is 7.71. The number of nitrogens with zero attached hydrogens (tertiary/aromatic N) is 1. The zero-order chi connectivity index (χ0) is 19.7. The van der Waals surface area contributed by atoms with Gasteiger partial charge in [-0.15, -0.1) is 0 Å². The number of hydrogen-bond donors (Lipinski definition) is 0. The first-order valence-electron chi connectivity index (χ1n) is 10.0. The van der Waals surface area contributed by atoms with E-state index < -0.39 is 21.9 Å². The Labute approximate surface area is 165 Å². The summed E-state index contributed by atoms with van der Waals surface area (Å²) in [4.78, 5) is 25.0. The first-order chi connectivity index (χ1) is 13.5. The summed E-state index contributed by atoms with van der Waals surface area (Å²) in [7, 11) is -3.98. The summed E-state index contributed by atoms with van der Waals surface area (Å²) in [5, 5.41) is 0. The minimum atomic E-state index is -3.98. The Hall–Kier alpha value is -1.93. The molecule has 1 saturated heterocycles. The van der Waals surface area contributed by atoms with E-state index in [4.69, 9.17) is 9.47 Å². The molecule has 1 aromatic rings. The Morgan fingerprint density at radius 2 is 1.86 bits per heavy atom. The molecule has 1 saturated carbocycles. The lowest BCUT2D eigenvalue weighted by molar-refractivity contribution is 0.0266. The minimum Gasteiger partial charge on any atom is -0.459 e. The molecule has 1 amide bonds. The third-order valence-electron chi connectivity index (χ3n) is 5.71. The lowest BCUT2D eigenvalue weighted by Gasteiger charge is -2.18. The van der Waals surface area contributed by atoms with Crippen molar-refractivity contribution in [2.45, 2.75) is 68.5 Å². The van der Waals surface area contributed by atoms with E-state index >= 15 is 0 Å². The molecule has 1 unspecified atom stereocenters. The Morgan fingerprint density at radius 3 is 2.54 bits per heavy atom. The van der Waals surface area contributed by atoms with Crippen molar-refractivity contribution in [2.24, 2.45) is 0 Å². The number of fused-ring (bicyclic) bond motifs is 1. The van der Waals surface area contributed by atoms with Gasteiger partial charge in [-0.1, -0.05) is 12.8 Å². The van der Waals surface area contributed by atoms with Gasteiger partial charge in [0.15, 0.2) is 0 Å². The van der Waals surface area contributed by atoms with Crippen LogP contribution in [0.5, 0.6) is 0 Å². The van der Waals surface area contributed by atoms with Crippen LogP contribution >= 0.6 is 0 Å². The predicted molar refractivity (Wildman–Crippen MR) is 101 cm³/mol. The fraction of sp³-hybridized carbons (Fsp3) is 0.600. The van der Waals surface area contributed by atoms with E-state index in [1.54, 1.807) is 0 Å². The number of carbonyl (C=O) groups excluding carboxylic acids is 2. The molecule has 0 bridgehead atoms. The molecule has 2 aliphatic heterocycles. The van der Waals surface area contributed by atoms with Crippen molar-refractivity contribution in [2.75, 3.05) is 13.2 Å². The Bertz CT molecular complexity index is 867. The molecule has 2 heterocycles. The van der Waals surface area contributed by atoms with E-state index in [0.717, 1.165) is 55.7 Å². The molecule has 1 atom stereocenters. The van der Waals surface area contributed by atoms with Crippen molar-refractivity contribution in [3.63, 3.8) is 0 Å². The monoisotopic (exact) mass is 407 g/mol. The molecule has 2 fully saturated rings. The molecule has 8 heteroatoms. The first kappa shape index (κ1) is 19.4. The van der Waals surface area contributed by atoms with E-state index in [-0.39, 0.29) is 34.8 Å². The summed E-state index contributed by atoms with van der Waals surface area (Å²) in [5.74, 6) is -1.09. The Morgan fingerprint density at radius 1 is 1.11 bits per heavy atom. The van der Waals surface area contributed by atoms with Crippen LogP contribution in [0.2, 0.25) is 0 Å². The smallest absolute Gasteiger partial charge is 0.338 e. The molecule has 0 aromatic heterocycles. The maximum absolute atomic E-state index is 12.9. The molecule has 3 aliphatic rings. The number of sulfonamides is 1. The average molecular weight is 407 g/mol. The molecule has 0 radical (unpaired) electrons. The van der Waals surface area contributed by atoms with Crippen LogP contribution in [0.1, 0.15) is 72.1 Å². The summed E-state index contributed by atoms with van der Waals surface area (Å²) in [6.45, 7) is 0.592. The highest BCUT2D eigenvalue weighted by Crippen LogP contribution is 2.33. The zero-order valence-corrected chi connectivity index (χ0v) is 16.6. The van der Waals surface area contributed by atoms with Crippen LogP contribution in [-0.4, -0.2) is 50.0 Å². The van der Waals surface area contributed by atoms with Crippen LogP contribution in [-0.2, 0) is 19.5 Å². The number of amides is 1. The normalized spacial score (nSPS) is 24.8. The molecular weight excluding hydrogens is 382 g/mol. The predicted octanol–water partition coefficient (Wildman–Crippen LogP) is 2.89. The zero-order valence-electron chi connectivity index (χ0n) is 15.8. The highest BCUT2D eigenvalue weighted by atomic mass is 32.2. The molecule has 1 aliphatic carbocycles. The van der Waals surface area contributed by atoms with Crippen molar-refractivity contribution in [1.29, 1.82) is 0 Å². The molecular formula is C20H25NO6S. The SMILES string of the molecule is O=C(OC1CCCCCC1)c1ccc2c(c1)S(=O)(=O)N(CC1CCCO1)C2=O. The van der Waals surface area contributed by atoms with Crippen LogP contribution in [0.4, 0.5) is 0 Å². The Kier molecular flexibility index (Phi) is 5.42. The van der Waals surface area contributed by atoms with Crippen LogP contribution in [0, 0.1) is 0 Å². The Balaban J connectivity index is 1.53. The van der Waals surface area contributed by atoms with E-state index in [2.05, 4.69) is 0 Å². The summed E-state index contributed by atoms with van der Waals surface area (Å²) < 4.78 is 37.7. The summed E-state index contributed by atoms with van der Waals surface area (Å²) in [6, 6.07) is 4.16. The molecule has 28 heavy (non-hydrogen) atoms. The van der Waals surface area contributed by atoms with Gasteiger partial charge in [0.25, 0.3) is 15.9 Å². The van der Waals surface area contributed by atoms with Crippen LogP contribution in [0.3, 0.4) is 0 Å². The lowest BCUT2D eigenvalue weighted by atomic mass is 10.1. The van der Waals surface area contributed by atoms with Crippen LogP contribution < -0.4 is 0 Å². The third-order valence-corrected chi connectivity index (χ3v) is 7.50. The van der Waals surface area contributed by atoms with Crippen LogP contribution in [0.15, 0.2) is 23.1 Å². The molecule has 0 spiro atoms. The highest BCUT2D eigenvalue weighted by Gasteiger charge is 2.43. The number of esters is 1. The summed E-state index contributed by atoms with van der Waals surface area (Å²) in [5.41, 5.74) is 0.266. The molecule has 152 valence electrons. The van der Waals surface area contributed by atoms with Gasteiger partial charge in [0.2, 0.25) is 0 Å². The average Bonchev–Trinajstić information content (AvgIpc) is 3.15. The van der Waals surface area contributed by atoms with Gasteiger partial charge >= 0.3 is 5.97 Å². The number of benzene rings is 1. The first-order valence-corrected chi connectivity index (χ1v) is 11.4.